The number of carbonyl (C=O) groups excluding carboxylic acids is 1. The van der Waals surface area contributed by atoms with E-state index in [1.54, 1.807) is 19.1 Å². The van der Waals surface area contributed by atoms with Gasteiger partial charge in [-0.05, 0) is 50.4 Å². The van der Waals surface area contributed by atoms with Crippen LogP contribution in [0.5, 0.6) is 0 Å². The third-order valence-electron chi connectivity index (χ3n) is 4.03. The van der Waals surface area contributed by atoms with Gasteiger partial charge in [0.2, 0.25) is 15.9 Å². The van der Waals surface area contributed by atoms with Gasteiger partial charge in [-0.15, -0.1) is 0 Å². The monoisotopic (exact) mass is 311 g/mol. The molecule has 1 fully saturated rings. The van der Waals surface area contributed by atoms with Crippen LogP contribution in [0.2, 0.25) is 0 Å². The van der Waals surface area contributed by atoms with E-state index in [0.717, 1.165) is 19.4 Å². The summed E-state index contributed by atoms with van der Waals surface area (Å²) in [7, 11) is -3.80. The third kappa shape index (κ3) is 3.25. The average molecular weight is 311 g/mol. The lowest BCUT2D eigenvalue weighted by Crippen LogP contribution is -2.50. The molecule has 4 N–H and O–H groups in total. The van der Waals surface area contributed by atoms with Crippen molar-refractivity contribution in [3.05, 3.63) is 23.8 Å². The van der Waals surface area contributed by atoms with Gasteiger partial charge in [-0.25, -0.2) is 13.6 Å². The summed E-state index contributed by atoms with van der Waals surface area (Å²) in [6.07, 6.45) is 2.42. The van der Waals surface area contributed by atoms with Crippen LogP contribution < -0.4 is 15.8 Å². The van der Waals surface area contributed by atoms with Crippen LogP contribution in [0, 0.1) is 6.92 Å². The van der Waals surface area contributed by atoms with E-state index in [2.05, 4.69) is 10.6 Å². The number of amides is 1. The van der Waals surface area contributed by atoms with Crippen molar-refractivity contribution in [2.75, 3.05) is 11.9 Å². The minimum atomic E-state index is -3.80. The Bertz CT molecular complexity index is 649. The second-order valence-corrected chi connectivity index (χ2v) is 6.98. The number of hydrogen-bond donors (Lipinski definition) is 3. The standard InChI is InChI=1S/C14H21N3O3S/c1-3-14(7-4-8-16-14)13(18)17-11-6-5-10(2)12(9-11)21(15,19)20/h5-6,9,16H,3-4,7-8H2,1-2H3,(H,17,18)(H2,15,19,20). The zero-order valence-electron chi connectivity index (χ0n) is 12.3. The van der Waals surface area contributed by atoms with Gasteiger partial charge in [0.15, 0.2) is 0 Å². The fraction of sp³-hybridized carbons (Fsp3) is 0.500. The molecule has 1 aliphatic rings. The third-order valence-corrected chi connectivity index (χ3v) is 5.09. The van der Waals surface area contributed by atoms with Crippen LogP contribution in [-0.2, 0) is 14.8 Å². The summed E-state index contributed by atoms with van der Waals surface area (Å²) in [4.78, 5) is 12.5. The fourth-order valence-corrected chi connectivity index (χ4v) is 3.51. The van der Waals surface area contributed by atoms with Gasteiger partial charge < -0.3 is 10.6 Å². The molecule has 1 amide bonds. The lowest BCUT2D eigenvalue weighted by molar-refractivity contribution is -0.122. The van der Waals surface area contributed by atoms with E-state index >= 15 is 0 Å². The first kappa shape index (κ1) is 15.9. The number of nitrogens with two attached hydrogens (primary N) is 1. The van der Waals surface area contributed by atoms with E-state index in [0.29, 0.717) is 17.7 Å². The molecule has 0 aliphatic carbocycles. The lowest BCUT2D eigenvalue weighted by Gasteiger charge is -2.26. The van der Waals surface area contributed by atoms with Gasteiger partial charge in [-0.3, -0.25) is 4.79 Å². The highest BCUT2D eigenvalue weighted by atomic mass is 32.2. The second kappa shape index (κ2) is 5.75. The molecule has 0 aromatic heterocycles. The Morgan fingerprint density at radius 1 is 1.48 bits per heavy atom. The van der Waals surface area contributed by atoms with Crippen molar-refractivity contribution in [1.82, 2.24) is 5.32 Å². The van der Waals surface area contributed by atoms with Crippen LogP contribution in [0.1, 0.15) is 31.7 Å². The summed E-state index contributed by atoms with van der Waals surface area (Å²) in [6.45, 7) is 4.44. The van der Waals surface area contributed by atoms with Gasteiger partial charge in [0.25, 0.3) is 0 Å². The SMILES string of the molecule is CCC1(C(=O)Nc2ccc(C)c(S(N)(=O)=O)c2)CCCN1. The number of nitrogens with one attached hydrogen (secondary N) is 2. The van der Waals surface area contributed by atoms with Crippen LogP contribution >= 0.6 is 0 Å². The molecule has 1 atom stereocenters. The molecule has 21 heavy (non-hydrogen) atoms. The van der Waals surface area contributed by atoms with E-state index in [9.17, 15) is 13.2 Å². The molecule has 0 saturated carbocycles. The van der Waals surface area contributed by atoms with Crippen LogP contribution in [-0.4, -0.2) is 26.4 Å². The van der Waals surface area contributed by atoms with Gasteiger partial charge in [0.05, 0.1) is 10.4 Å². The smallest absolute Gasteiger partial charge is 0.244 e. The summed E-state index contributed by atoms with van der Waals surface area (Å²) in [6, 6.07) is 4.72. The highest BCUT2D eigenvalue weighted by molar-refractivity contribution is 7.89. The highest BCUT2D eigenvalue weighted by Crippen LogP contribution is 2.26. The molecule has 1 aliphatic heterocycles. The van der Waals surface area contributed by atoms with Crippen molar-refractivity contribution >= 4 is 21.6 Å². The van der Waals surface area contributed by atoms with Gasteiger partial charge in [-0.2, -0.15) is 0 Å². The van der Waals surface area contributed by atoms with Crippen molar-refractivity contribution in [2.45, 2.75) is 43.5 Å². The Kier molecular flexibility index (Phi) is 4.36. The lowest BCUT2D eigenvalue weighted by atomic mass is 9.93. The molecule has 1 saturated heterocycles. The van der Waals surface area contributed by atoms with Crippen molar-refractivity contribution in [1.29, 1.82) is 0 Å². The van der Waals surface area contributed by atoms with Crippen molar-refractivity contribution < 1.29 is 13.2 Å². The van der Waals surface area contributed by atoms with Gasteiger partial charge in [0, 0.05) is 5.69 Å². The van der Waals surface area contributed by atoms with E-state index in [4.69, 9.17) is 5.14 Å². The van der Waals surface area contributed by atoms with Crippen LogP contribution in [0.4, 0.5) is 5.69 Å². The summed E-state index contributed by atoms with van der Waals surface area (Å²) in [5.41, 5.74) is 0.433. The molecule has 1 aromatic carbocycles. The number of primary sulfonamides is 1. The predicted molar refractivity (Wildman–Crippen MR) is 81.4 cm³/mol. The number of carbonyl (C=O) groups is 1. The Hall–Kier alpha value is -1.44. The predicted octanol–water partition coefficient (Wildman–Crippen LogP) is 1.11. The largest absolute Gasteiger partial charge is 0.324 e. The summed E-state index contributed by atoms with van der Waals surface area (Å²) < 4.78 is 23.0. The topological polar surface area (TPSA) is 101 Å². The van der Waals surface area contributed by atoms with E-state index < -0.39 is 15.6 Å². The van der Waals surface area contributed by atoms with Gasteiger partial charge in [0.1, 0.15) is 0 Å². The van der Waals surface area contributed by atoms with Crippen LogP contribution in [0.15, 0.2) is 23.1 Å². The number of aryl methyl sites for hydroxylation is 1. The zero-order chi connectivity index (χ0) is 15.7. The molecular formula is C14H21N3O3S. The molecule has 7 heteroatoms. The number of rotatable bonds is 4. The van der Waals surface area contributed by atoms with Crippen molar-refractivity contribution in [3.8, 4) is 0 Å². The van der Waals surface area contributed by atoms with Crippen LogP contribution in [0.3, 0.4) is 0 Å². The number of sulfonamides is 1. The molecule has 1 heterocycles. The number of hydrogen-bond acceptors (Lipinski definition) is 4. The normalized spacial score (nSPS) is 22.2. The first-order valence-electron chi connectivity index (χ1n) is 6.98. The highest BCUT2D eigenvalue weighted by Gasteiger charge is 2.39. The first-order valence-corrected chi connectivity index (χ1v) is 8.53. The Balaban J connectivity index is 2.26. The second-order valence-electron chi connectivity index (χ2n) is 5.45. The number of anilines is 1. The minimum absolute atomic E-state index is 0.0326. The summed E-state index contributed by atoms with van der Waals surface area (Å²) in [5.74, 6) is -0.133. The maximum Gasteiger partial charge on any atom is 0.244 e. The Labute approximate surface area is 125 Å². The number of benzene rings is 1. The first-order chi connectivity index (χ1) is 9.78. The molecular weight excluding hydrogens is 290 g/mol. The van der Waals surface area contributed by atoms with Gasteiger partial charge >= 0.3 is 0 Å². The maximum atomic E-state index is 12.5. The molecule has 1 unspecified atom stereocenters. The quantitative estimate of drug-likeness (QED) is 0.775. The van der Waals surface area contributed by atoms with E-state index in [1.807, 2.05) is 6.92 Å². The molecule has 0 spiro atoms. The molecule has 0 bridgehead atoms. The average Bonchev–Trinajstić information content (AvgIpc) is 2.89. The summed E-state index contributed by atoms with van der Waals surface area (Å²) >= 11 is 0. The zero-order valence-corrected chi connectivity index (χ0v) is 13.1. The minimum Gasteiger partial charge on any atom is -0.324 e. The summed E-state index contributed by atoms with van der Waals surface area (Å²) in [5, 5.41) is 11.2. The molecule has 1 aromatic rings. The van der Waals surface area contributed by atoms with E-state index in [1.165, 1.54) is 6.07 Å². The molecule has 116 valence electrons. The molecule has 2 rings (SSSR count). The maximum absolute atomic E-state index is 12.5. The van der Waals surface area contributed by atoms with Crippen molar-refractivity contribution in [2.24, 2.45) is 5.14 Å². The van der Waals surface area contributed by atoms with E-state index in [-0.39, 0.29) is 10.8 Å². The van der Waals surface area contributed by atoms with Crippen LogP contribution in [0.25, 0.3) is 0 Å². The van der Waals surface area contributed by atoms with Gasteiger partial charge in [-0.1, -0.05) is 13.0 Å². The van der Waals surface area contributed by atoms with Crippen molar-refractivity contribution in [3.63, 3.8) is 0 Å². The Morgan fingerprint density at radius 3 is 2.71 bits per heavy atom. The molecule has 0 radical (unpaired) electrons. The molecule has 6 nitrogen and oxygen atoms in total. The fourth-order valence-electron chi connectivity index (χ4n) is 2.70. The Morgan fingerprint density at radius 2 is 2.19 bits per heavy atom.